The normalized spacial score (nSPS) is 23.7. The van der Waals surface area contributed by atoms with Gasteiger partial charge in [-0.2, -0.15) is 4.98 Å². The van der Waals surface area contributed by atoms with Crippen molar-refractivity contribution in [1.82, 2.24) is 9.55 Å². The van der Waals surface area contributed by atoms with E-state index in [2.05, 4.69) is 15.0 Å². The first-order valence-electron chi connectivity index (χ1n) is 11.0. The van der Waals surface area contributed by atoms with Crippen molar-refractivity contribution in [2.24, 2.45) is 22.9 Å². The Kier molecular flexibility index (Phi) is 8.83. The van der Waals surface area contributed by atoms with Crippen LogP contribution in [0.4, 0.5) is 5.82 Å². The molecule has 1 aliphatic heterocycles. The molecule has 0 spiro atoms. The van der Waals surface area contributed by atoms with Gasteiger partial charge in [-0.1, -0.05) is 46.7 Å². The molecule has 0 radical (unpaired) electrons. The number of carbonyl (C=O) groups is 3. The zero-order valence-corrected chi connectivity index (χ0v) is 20.4. The average Bonchev–Trinajstić information content (AvgIpc) is 3.05. The van der Waals surface area contributed by atoms with Crippen LogP contribution in [0.5, 0.6) is 0 Å². The van der Waals surface area contributed by atoms with Gasteiger partial charge in [-0.15, -0.1) is 0 Å². The minimum Gasteiger partial charge on any atom is -0.462 e. The molecule has 1 saturated heterocycles. The van der Waals surface area contributed by atoms with E-state index in [-0.39, 0.29) is 5.82 Å². The number of nitrogens with zero attached hydrogens (tertiary/aromatic N) is 5. The summed E-state index contributed by atoms with van der Waals surface area (Å²) in [5.41, 5.74) is 11.9. The Morgan fingerprint density at radius 2 is 1.71 bits per heavy atom. The standard InChI is InChI=1S/C21H30N6O8/c1-10(2)17(28)32-9-21(25-26-23)15(34-19(30)12(5)6)14(33-18(29)11(3)4)16(35-21)27-8-7-13(22)24-20(27)31/h7-8,10-12,14-16H,9H2,1-6H3,(H2,22,24,31)/t14-,15+,16-,21-/m1/s1. The van der Waals surface area contributed by atoms with E-state index < -0.39 is 72.1 Å². The molecule has 1 aliphatic rings. The Bertz CT molecular complexity index is 1060. The second kappa shape index (κ2) is 11.2. The van der Waals surface area contributed by atoms with Crippen molar-refractivity contribution >= 4 is 23.7 Å². The van der Waals surface area contributed by atoms with Crippen molar-refractivity contribution in [3.05, 3.63) is 33.2 Å². The van der Waals surface area contributed by atoms with Crippen molar-refractivity contribution in [1.29, 1.82) is 0 Å². The first kappa shape index (κ1) is 27.6. The van der Waals surface area contributed by atoms with Crippen LogP contribution in [0.1, 0.15) is 47.8 Å². The number of hydrogen-bond acceptors (Lipinski definition) is 11. The first-order valence-corrected chi connectivity index (χ1v) is 11.0. The molecule has 1 aromatic heterocycles. The van der Waals surface area contributed by atoms with Crippen LogP contribution in [0.2, 0.25) is 0 Å². The molecule has 14 nitrogen and oxygen atoms in total. The Morgan fingerprint density at radius 1 is 1.14 bits per heavy atom. The van der Waals surface area contributed by atoms with Gasteiger partial charge in [0.25, 0.3) is 0 Å². The van der Waals surface area contributed by atoms with Gasteiger partial charge in [0.2, 0.25) is 5.72 Å². The summed E-state index contributed by atoms with van der Waals surface area (Å²) in [6, 6.07) is 1.30. The summed E-state index contributed by atoms with van der Waals surface area (Å²) in [5.74, 6) is -3.94. The molecule has 0 amide bonds. The molecule has 192 valence electrons. The van der Waals surface area contributed by atoms with Gasteiger partial charge in [0.15, 0.2) is 18.4 Å². The average molecular weight is 495 g/mol. The van der Waals surface area contributed by atoms with Gasteiger partial charge < -0.3 is 24.7 Å². The third-order valence-corrected chi connectivity index (χ3v) is 5.02. The topological polar surface area (TPSA) is 198 Å². The van der Waals surface area contributed by atoms with Gasteiger partial charge in [0, 0.05) is 11.1 Å². The van der Waals surface area contributed by atoms with Gasteiger partial charge in [-0.3, -0.25) is 19.0 Å². The van der Waals surface area contributed by atoms with Crippen molar-refractivity contribution in [3.8, 4) is 0 Å². The fourth-order valence-electron chi connectivity index (χ4n) is 3.04. The fraction of sp³-hybridized carbons (Fsp3) is 0.667. The number of nitrogens with two attached hydrogens (primary N) is 1. The number of esters is 3. The monoisotopic (exact) mass is 494 g/mol. The highest BCUT2D eigenvalue weighted by Crippen LogP contribution is 2.42. The molecule has 1 aromatic rings. The highest BCUT2D eigenvalue weighted by atomic mass is 16.7. The maximum absolute atomic E-state index is 12.6. The summed E-state index contributed by atoms with van der Waals surface area (Å²) < 4.78 is 23.3. The molecular weight excluding hydrogens is 464 g/mol. The van der Waals surface area contributed by atoms with E-state index in [0.29, 0.717) is 0 Å². The van der Waals surface area contributed by atoms with Gasteiger partial charge in [0.1, 0.15) is 12.4 Å². The lowest BCUT2D eigenvalue weighted by molar-refractivity contribution is -0.182. The lowest BCUT2D eigenvalue weighted by Gasteiger charge is -2.30. The van der Waals surface area contributed by atoms with Crippen molar-refractivity contribution in [2.45, 2.75) is 65.7 Å². The molecule has 4 atom stereocenters. The minimum absolute atomic E-state index is 0.0741. The zero-order valence-electron chi connectivity index (χ0n) is 20.4. The Labute approximate surface area is 201 Å². The van der Waals surface area contributed by atoms with E-state index >= 15 is 0 Å². The number of aromatic nitrogens is 2. The van der Waals surface area contributed by atoms with Crippen LogP contribution < -0.4 is 11.4 Å². The van der Waals surface area contributed by atoms with Crippen LogP contribution in [-0.2, 0) is 33.3 Å². The van der Waals surface area contributed by atoms with E-state index in [9.17, 15) is 24.7 Å². The highest BCUT2D eigenvalue weighted by Gasteiger charge is 2.61. The summed E-state index contributed by atoms with van der Waals surface area (Å²) in [7, 11) is 0. The summed E-state index contributed by atoms with van der Waals surface area (Å²) >= 11 is 0. The number of azide groups is 1. The summed E-state index contributed by atoms with van der Waals surface area (Å²) in [5, 5.41) is 3.66. The Hall–Kier alpha value is -3.64. The molecule has 0 aromatic carbocycles. The quantitative estimate of drug-likeness (QED) is 0.173. The lowest BCUT2D eigenvalue weighted by Crippen LogP contribution is -2.50. The predicted octanol–water partition coefficient (Wildman–Crippen LogP) is 1.70. The van der Waals surface area contributed by atoms with Crippen molar-refractivity contribution in [3.63, 3.8) is 0 Å². The molecular formula is C21H30N6O8. The van der Waals surface area contributed by atoms with Crippen LogP contribution in [-0.4, -0.2) is 52.0 Å². The number of rotatable bonds is 9. The SMILES string of the molecule is CC(C)C(=O)OC[C@@]1(N=[N+]=[N-])O[C@@H](n2ccc(N)nc2=O)[C@H](OC(=O)C(C)C)[C@@H]1OC(=O)C(C)C. The molecule has 0 saturated carbocycles. The summed E-state index contributed by atoms with van der Waals surface area (Å²) in [4.78, 5) is 56.4. The molecule has 0 bridgehead atoms. The molecule has 2 N–H and O–H groups in total. The van der Waals surface area contributed by atoms with E-state index in [1.165, 1.54) is 12.3 Å². The molecule has 35 heavy (non-hydrogen) atoms. The number of carbonyl (C=O) groups excluding carboxylic acids is 3. The maximum atomic E-state index is 12.6. The van der Waals surface area contributed by atoms with Gasteiger partial charge in [0.05, 0.1) is 17.8 Å². The van der Waals surface area contributed by atoms with E-state index in [1.54, 1.807) is 41.5 Å². The third kappa shape index (κ3) is 6.28. The molecule has 2 heterocycles. The smallest absolute Gasteiger partial charge is 0.351 e. The van der Waals surface area contributed by atoms with Gasteiger partial charge >= 0.3 is 23.6 Å². The van der Waals surface area contributed by atoms with Crippen LogP contribution >= 0.6 is 0 Å². The number of hydrogen-bond donors (Lipinski definition) is 1. The molecule has 14 heteroatoms. The largest absolute Gasteiger partial charge is 0.462 e. The number of nitrogen functional groups attached to an aromatic ring is 1. The van der Waals surface area contributed by atoms with E-state index in [4.69, 9.17) is 24.7 Å². The van der Waals surface area contributed by atoms with E-state index in [0.717, 1.165) is 4.57 Å². The maximum Gasteiger partial charge on any atom is 0.351 e. The minimum atomic E-state index is -2.17. The number of ether oxygens (including phenoxy) is 4. The van der Waals surface area contributed by atoms with Crippen molar-refractivity contribution in [2.75, 3.05) is 12.3 Å². The fourth-order valence-corrected chi connectivity index (χ4v) is 3.04. The van der Waals surface area contributed by atoms with Crippen LogP contribution in [0.15, 0.2) is 22.2 Å². The van der Waals surface area contributed by atoms with Gasteiger partial charge in [-0.05, 0) is 11.6 Å². The summed E-state index contributed by atoms with van der Waals surface area (Å²) in [6.07, 6.45) is -3.28. The number of anilines is 1. The Balaban J connectivity index is 2.69. The molecule has 2 rings (SSSR count). The first-order chi connectivity index (χ1) is 16.3. The van der Waals surface area contributed by atoms with Crippen LogP contribution in [0.25, 0.3) is 10.4 Å². The van der Waals surface area contributed by atoms with Crippen LogP contribution in [0, 0.1) is 17.8 Å². The van der Waals surface area contributed by atoms with Crippen LogP contribution in [0.3, 0.4) is 0 Å². The van der Waals surface area contributed by atoms with Gasteiger partial charge in [-0.25, -0.2) is 4.79 Å². The van der Waals surface area contributed by atoms with Crippen molar-refractivity contribution < 1.29 is 33.3 Å². The Morgan fingerprint density at radius 3 is 2.23 bits per heavy atom. The molecule has 1 fully saturated rings. The zero-order chi connectivity index (χ0) is 26.5. The second-order valence-corrected chi connectivity index (χ2v) is 8.92. The second-order valence-electron chi connectivity index (χ2n) is 8.92. The molecule has 0 aliphatic carbocycles. The summed E-state index contributed by atoms with van der Waals surface area (Å²) in [6.45, 7) is 8.76. The predicted molar refractivity (Wildman–Crippen MR) is 120 cm³/mol. The highest BCUT2D eigenvalue weighted by molar-refractivity contribution is 5.73. The van der Waals surface area contributed by atoms with E-state index in [1.807, 2.05) is 0 Å². The molecule has 0 unspecified atom stereocenters. The lowest BCUT2D eigenvalue weighted by atomic mass is 10.0. The third-order valence-electron chi connectivity index (χ3n) is 5.02.